The van der Waals surface area contributed by atoms with Crippen LogP contribution in [0.3, 0.4) is 0 Å². The van der Waals surface area contributed by atoms with Gasteiger partial charge in [0.2, 0.25) is 0 Å². The van der Waals surface area contributed by atoms with Crippen molar-refractivity contribution in [2.75, 3.05) is 6.54 Å². The van der Waals surface area contributed by atoms with Gasteiger partial charge in [0.25, 0.3) is 0 Å². The molecular formula is C16H22IN3. The second kappa shape index (κ2) is 7.22. The van der Waals surface area contributed by atoms with E-state index < -0.39 is 0 Å². The SMILES string of the molecule is CCCn1cc(C(NCC)c2cccc(C)c2I)cn1. The topological polar surface area (TPSA) is 29.9 Å². The standard InChI is InChI=1S/C16H22IN3/c1-4-9-20-11-13(10-19-20)16(18-5-2)14-8-6-7-12(3)15(14)17/h6-8,10-11,16,18H,4-5,9H2,1-3H3. The van der Waals surface area contributed by atoms with Crippen molar-refractivity contribution in [3.63, 3.8) is 0 Å². The lowest BCUT2D eigenvalue weighted by Gasteiger charge is -2.19. The Bertz CT molecular complexity index is 563. The number of hydrogen-bond acceptors (Lipinski definition) is 2. The van der Waals surface area contributed by atoms with Crippen LogP contribution in [-0.4, -0.2) is 16.3 Å². The fourth-order valence-corrected chi connectivity index (χ4v) is 3.06. The molecule has 0 radical (unpaired) electrons. The molecule has 0 amide bonds. The zero-order valence-corrected chi connectivity index (χ0v) is 14.5. The Labute approximate surface area is 134 Å². The predicted molar refractivity (Wildman–Crippen MR) is 91.9 cm³/mol. The second-order valence-electron chi connectivity index (χ2n) is 5.01. The van der Waals surface area contributed by atoms with Crippen molar-refractivity contribution in [1.29, 1.82) is 0 Å². The van der Waals surface area contributed by atoms with E-state index in [2.05, 4.69) is 78.2 Å². The molecule has 0 aliphatic rings. The van der Waals surface area contributed by atoms with Gasteiger partial charge in [0.05, 0.1) is 12.2 Å². The molecule has 0 aliphatic carbocycles. The lowest BCUT2D eigenvalue weighted by molar-refractivity contribution is 0.597. The van der Waals surface area contributed by atoms with Crippen molar-refractivity contribution in [2.24, 2.45) is 0 Å². The zero-order valence-electron chi connectivity index (χ0n) is 12.4. The van der Waals surface area contributed by atoms with Crippen molar-refractivity contribution in [2.45, 2.75) is 39.8 Å². The van der Waals surface area contributed by atoms with Crippen LogP contribution in [0.4, 0.5) is 0 Å². The van der Waals surface area contributed by atoms with E-state index in [4.69, 9.17) is 0 Å². The molecule has 0 aliphatic heterocycles. The van der Waals surface area contributed by atoms with Gasteiger partial charge >= 0.3 is 0 Å². The average molecular weight is 383 g/mol. The molecule has 2 rings (SSSR count). The molecule has 1 heterocycles. The molecule has 108 valence electrons. The van der Waals surface area contributed by atoms with E-state index in [1.165, 1.54) is 20.3 Å². The van der Waals surface area contributed by atoms with Gasteiger partial charge in [0.1, 0.15) is 0 Å². The van der Waals surface area contributed by atoms with Gasteiger partial charge < -0.3 is 5.32 Å². The lowest BCUT2D eigenvalue weighted by Crippen LogP contribution is -2.22. The highest BCUT2D eigenvalue weighted by Gasteiger charge is 2.18. The number of hydrogen-bond donors (Lipinski definition) is 1. The highest BCUT2D eigenvalue weighted by Crippen LogP contribution is 2.28. The Morgan fingerprint density at radius 2 is 2.15 bits per heavy atom. The fraction of sp³-hybridized carbons (Fsp3) is 0.438. The molecule has 0 saturated heterocycles. The zero-order chi connectivity index (χ0) is 14.5. The van der Waals surface area contributed by atoms with Crippen molar-refractivity contribution in [1.82, 2.24) is 15.1 Å². The molecule has 2 aromatic rings. The molecule has 0 bridgehead atoms. The Hall–Kier alpha value is -0.880. The summed E-state index contributed by atoms with van der Waals surface area (Å²) in [6.45, 7) is 8.39. The molecule has 1 unspecified atom stereocenters. The normalized spacial score (nSPS) is 12.6. The summed E-state index contributed by atoms with van der Waals surface area (Å²) in [6, 6.07) is 6.72. The van der Waals surface area contributed by atoms with Gasteiger partial charge in [-0.1, -0.05) is 32.0 Å². The summed E-state index contributed by atoms with van der Waals surface area (Å²) in [5.74, 6) is 0. The number of aromatic nitrogens is 2. The number of halogens is 1. The molecule has 4 heteroatoms. The summed E-state index contributed by atoms with van der Waals surface area (Å²) in [4.78, 5) is 0. The quantitative estimate of drug-likeness (QED) is 0.767. The number of nitrogens with zero attached hydrogens (tertiary/aromatic N) is 2. The first-order chi connectivity index (χ1) is 9.67. The van der Waals surface area contributed by atoms with Gasteiger partial charge in [-0.25, -0.2) is 0 Å². The maximum absolute atomic E-state index is 4.46. The molecule has 1 atom stereocenters. The summed E-state index contributed by atoms with van der Waals surface area (Å²) in [7, 11) is 0. The first-order valence-electron chi connectivity index (χ1n) is 7.18. The van der Waals surface area contributed by atoms with E-state index in [0.717, 1.165) is 19.5 Å². The predicted octanol–water partition coefficient (Wildman–Crippen LogP) is 3.91. The van der Waals surface area contributed by atoms with Crippen LogP contribution >= 0.6 is 22.6 Å². The first kappa shape index (κ1) is 15.5. The third-order valence-corrected chi connectivity index (χ3v) is 4.85. The van der Waals surface area contributed by atoms with E-state index in [1.807, 2.05) is 10.9 Å². The van der Waals surface area contributed by atoms with Crippen LogP contribution in [0.25, 0.3) is 0 Å². The molecule has 1 N–H and O–H groups in total. The summed E-state index contributed by atoms with van der Waals surface area (Å²) in [5.41, 5.74) is 3.90. The summed E-state index contributed by atoms with van der Waals surface area (Å²) < 4.78 is 3.36. The Kier molecular flexibility index (Phi) is 5.60. The molecule has 1 aromatic heterocycles. The third kappa shape index (κ3) is 3.41. The van der Waals surface area contributed by atoms with E-state index >= 15 is 0 Å². The number of aryl methyl sites for hydroxylation is 2. The van der Waals surface area contributed by atoms with Gasteiger partial charge in [0, 0.05) is 21.9 Å². The van der Waals surface area contributed by atoms with Gasteiger partial charge in [0.15, 0.2) is 0 Å². The van der Waals surface area contributed by atoms with Gasteiger partial charge in [-0.2, -0.15) is 5.10 Å². The first-order valence-corrected chi connectivity index (χ1v) is 8.26. The van der Waals surface area contributed by atoms with Crippen molar-refractivity contribution < 1.29 is 0 Å². The molecule has 3 nitrogen and oxygen atoms in total. The molecule has 0 fully saturated rings. The molecule has 0 saturated carbocycles. The van der Waals surface area contributed by atoms with E-state index in [-0.39, 0.29) is 6.04 Å². The lowest BCUT2D eigenvalue weighted by atomic mass is 10.00. The summed E-state index contributed by atoms with van der Waals surface area (Å²) >= 11 is 2.44. The summed E-state index contributed by atoms with van der Waals surface area (Å²) in [5, 5.41) is 8.04. The fourth-order valence-electron chi connectivity index (χ4n) is 2.38. The monoisotopic (exact) mass is 383 g/mol. The largest absolute Gasteiger partial charge is 0.306 e. The van der Waals surface area contributed by atoms with Crippen LogP contribution in [0, 0.1) is 10.5 Å². The molecular weight excluding hydrogens is 361 g/mol. The number of nitrogens with one attached hydrogen (secondary N) is 1. The van der Waals surface area contributed by atoms with Crippen LogP contribution in [0.2, 0.25) is 0 Å². The minimum absolute atomic E-state index is 0.220. The minimum atomic E-state index is 0.220. The average Bonchev–Trinajstić information content (AvgIpc) is 2.88. The Morgan fingerprint density at radius 1 is 1.35 bits per heavy atom. The second-order valence-corrected chi connectivity index (χ2v) is 6.08. The van der Waals surface area contributed by atoms with Gasteiger partial charge in [-0.15, -0.1) is 0 Å². The van der Waals surface area contributed by atoms with E-state index in [9.17, 15) is 0 Å². The highest BCUT2D eigenvalue weighted by molar-refractivity contribution is 14.1. The maximum Gasteiger partial charge on any atom is 0.0618 e. The van der Waals surface area contributed by atoms with E-state index in [0.29, 0.717) is 0 Å². The van der Waals surface area contributed by atoms with Crippen LogP contribution in [-0.2, 0) is 6.54 Å². The number of benzene rings is 1. The number of rotatable bonds is 6. The Balaban J connectivity index is 2.36. The maximum atomic E-state index is 4.46. The molecule has 1 aromatic carbocycles. The third-order valence-electron chi connectivity index (χ3n) is 3.38. The van der Waals surface area contributed by atoms with Crippen molar-refractivity contribution >= 4 is 22.6 Å². The van der Waals surface area contributed by atoms with Gasteiger partial charge in [-0.3, -0.25) is 4.68 Å². The highest BCUT2D eigenvalue weighted by atomic mass is 127. The van der Waals surface area contributed by atoms with Crippen molar-refractivity contribution in [3.8, 4) is 0 Å². The van der Waals surface area contributed by atoms with Crippen LogP contribution in [0.5, 0.6) is 0 Å². The molecule has 20 heavy (non-hydrogen) atoms. The minimum Gasteiger partial charge on any atom is -0.306 e. The molecule has 0 spiro atoms. The van der Waals surface area contributed by atoms with Crippen LogP contribution in [0.1, 0.15) is 43.0 Å². The van der Waals surface area contributed by atoms with Crippen molar-refractivity contribution in [3.05, 3.63) is 50.9 Å². The smallest absolute Gasteiger partial charge is 0.0618 e. The van der Waals surface area contributed by atoms with Gasteiger partial charge in [-0.05, 0) is 53.6 Å². The van der Waals surface area contributed by atoms with Crippen LogP contribution in [0.15, 0.2) is 30.6 Å². The van der Waals surface area contributed by atoms with Crippen LogP contribution < -0.4 is 5.32 Å². The van der Waals surface area contributed by atoms with E-state index in [1.54, 1.807) is 0 Å². The summed E-state index contributed by atoms with van der Waals surface area (Å²) in [6.07, 6.45) is 5.26. The Morgan fingerprint density at radius 3 is 2.85 bits per heavy atom.